The second-order valence-electron chi connectivity index (χ2n) is 4.89. The van der Waals surface area contributed by atoms with Crippen LogP contribution in [0, 0.1) is 6.92 Å². The van der Waals surface area contributed by atoms with E-state index >= 15 is 0 Å². The van der Waals surface area contributed by atoms with E-state index in [-0.39, 0.29) is 26.3 Å². The monoisotopic (exact) mass is 477 g/mol. The average Bonchev–Trinajstić information content (AvgIpc) is 2.85. The van der Waals surface area contributed by atoms with Gasteiger partial charge in [-0.05, 0) is 41.4 Å². The topological polar surface area (TPSA) is 103 Å². The number of rotatable bonds is 5. The summed E-state index contributed by atoms with van der Waals surface area (Å²) in [6.45, 7) is 2.73. The number of carbonyl (C=O) groups excluding carboxylic acids is 1. The van der Waals surface area contributed by atoms with Crippen LogP contribution in [0.2, 0.25) is 0 Å². The van der Waals surface area contributed by atoms with E-state index in [1.165, 1.54) is 19.9 Å². The Balaban J connectivity index is 2.75. The molecule has 0 fully saturated rings. The number of fused-ring (bicyclic) bond motifs is 1. The van der Waals surface area contributed by atoms with Crippen molar-refractivity contribution >= 4 is 53.6 Å². The molecule has 1 atom stereocenters. The first-order valence-electron chi connectivity index (χ1n) is 6.84. The van der Waals surface area contributed by atoms with Crippen LogP contribution in [0.15, 0.2) is 9.98 Å². The van der Waals surface area contributed by atoms with Gasteiger partial charge in [0.2, 0.25) is 0 Å². The number of hydrogen-bond donors (Lipinski definition) is 1. The number of ether oxygens (including phenoxy) is 1. The van der Waals surface area contributed by atoms with Gasteiger partial charge in [-0.1, -0.05) is 0 Å². The number of thiazole rings is 1. The van der Waals surface area contributed by atoms with Gasteiger partial charge in [0.05, 0.1) is 16.8 Å². The molecule has 0 saturated carbocycles. The van der Waals surface area contributed by atoms with E-state index in [9.17, 15) is 31.5 Å². The number of benzene rings is 1. The zero-order valence-electron chi connectivity index (χ0n) is 13.1. The highest BCUT2D eigenvalue weighted by Crippen LogP contribution is 2.43. The number of nitrogens with zero attached hydrogens (tertiary/aromatic N) is 1. The fraction of sp³-hybridized carbons (Fsp3) is 0.385. The molecule has 0 aliphatic carbocycles. The maximum atomic E-state index is 12.7. The van der Waals surface area contributed by atoms with Gasteiger partial charge in [0.25, 0.3) is 0 Å². The molecule has 144 valence electrons. The first kappa shape index (κ1) is 20.9. The van der Waals surface area contributed by atoms with Gasteiger partial charge in [-0.15, -0.1) is 11.3 Å². The molecule has 13 heteroatoms. The predicted molar refractivity (Wildman–Crippen MR) is 89.3 cm³/mol. The zero-order valence-corrected chi connectivity index (χ0v) is 16.3. The van der Waals surface area contributed by atoms with Crippen LogP contribution in [-0.2, 0) is 19.6 Å². The second kappa shape index (κ2) is 7.29. The van der Waals surface area contributed by atoms with Crippen LogP contribution in [-0.4, -0.2) is 36.6 Å². The van der Waals surface area contributed by atoms with E-state index in [0.29, 0.717) is 0 Å². The number of carbonyl (C=O) groups is 1. The Morgan fingerprint density at radius 2 is 2.08 bits per heavy atom. The van der Waals surface area contributed by atoms with Crippen LogP contribution in [0.3, 0.4) is 0 Å². The third-order valence-corrected chi connectivity index (χ3v) is 5.59. The summed E-state index contributed by atoms with van der Waals surface area (Å²) in [6.07, 6.45) is -2.04. The van der Waals surface area contributed by atoms with Crippen molar-refractivity contribution in [1.82, 2.24) is 4.98 Å². The van der Waals surface area contributed by atoms with Crippen LogP contribution in [0.5, 0.6) is 5.75 Å². The van der Waals surface area contributed by atoms with Crippen LogP contribution < -0.4 is 4.18 Å². The lowest BCUT2D eigenvalue weighted by Gasteiger charge is -2.18. The lowest BCUT2D eigenvalue weighted by Crippen LogP contribution is -2.29. The maximum absolute atomic E-state index is 12.7. The highest BCUT2D eigenvalue weighted by Gasteiger charge is 2.49. The molecule has 0 spiro atoms. The summed E-state index contributed by atoms with van der Waals surface area (Å²) >= 11 is 3.82. The van der Waals surface area contributed by atoms with Gasteiger partial charge in [-0.3, -0.25) is 0 Å². The Labute approximate surface area is 158 Å². The van der Waals surface area contributed by atoms with Crippen molar-refractivity contribution in [3.8, 4) is 5.75 Å². The second-order valence-corrected chi connectivity index (χ2v) is 8.70. The molecule has 1 N–H and O–H groups in total. The Hall–Kier alpha value is -1.44. The van der Waals surface area contributed by atoms with E-state index in [0.717, 1.165) is 11.3 Å². The highest BCUT2D eigenvalue weighted by molar-refractivity contribution is 9.11. The Kier molecular flexibility index (Phi) is 5.85. The molecule has 0 aliphatic rings. The molecule has 1 heterocycles. The maximum Gasteiger partial charge on any atom is 0.534 e. The molecule has 1 aromatic carbocycles. The Morgan fingerprint density at radius 1 is 1.46 bits per heavy atom. The van der Waals surface area contributed by atoms with E-state index in [1.807, 2.05) is 0 Å². The molecule has 0 radical (unpaired) electrons. The minimum atomic E-state index is -6.04. The fourth-order valence-electron chi connectivity index (χ4n) is 2.07. The molecule has 2 rings (SSSR count). The van der Waals surface area contributed by atoms with Crippen molar-refractivity contribution in [3.05, 3.63) is 21.1 Å². The van der Waals surface area contributed by atoms with E-state index in [1.54, 1.807) is 0 Å². The number of esters is 1. The largest absolute Gasteiger partial charge is 0.534 e. The summed E-state index contributed by atoms with van der Waals surface area (Å²) in [7, 11) is -6.04. The quantitative estimate of drug-likeness (QED) is 0.400. The average molecular weight is 478 g/mol. The summed E-state index contributed by atoms with van der Waals surface area (Å²) in [5.41, 5.74) is -5.91. The summed E-state index contributed by atoms with van der Waals surface area (Å²) in [5.74, 6) is -1.98. The molecular formula is C13H11BrF3NO6S2. The third kappa shape index (κ3) is 3.94. The lowest BCUT2D eigenvalue weighted by atomic mass is 10.0. The van der Waals surface area contributed by atoms with Crippen LogP contribution in [0.1, 0.15) is 24.2 Å². The molecule has 0 aliphatic heterocycles. The van der Waals surface area contributed by atoms with Gasteiger partial charge < -0.3 is 14.0 Å². The number of aromatic nitrogens is 1. The van der Waals surface area contributed by atoms with Gasteiger partial charge in [0.15, 0.2) is 15.8 Å². The highest BCUT2D eigenvalue weighted by atomic mass is 79.9. The summed E-state index contributed by atoms with van der Waals surface area (Å²) < 4.78 is 70.3. The standard InChI is InChI=1S/C13H11BrF3NO6S2/c1-3-23-11(20)8(19)7-5(2)4-6-10(25-12(14)18-6)9(7)24-26(21,22)13(15,16)17/h4,8,19H,3H2,1-2H3/t8-/m0/s1. The molecule has 0 amide bonds. The molecule has 0 unspecified atom stereocenters. The van der Waals surface area contributed by atoms with Crippen molar-refractivity contribution in [2.75, 3.05) is 6.61 Å². The number of aliphatic hydroxyl groups excluding tert-OH is 1. The first-order chi connectivity index (χ1) is 11.9. The fourth-order valence-corrected chi connectivity index (χ4v) is 4.05. The Bertz CT molecular complexity index is 957. The molecule has 7 nitrogen and oxygen atoms in total. The number of halogens is 4. The summed E-state index contributed by atoms with van der Waals surface area (Å²) in [4.78, 5) is 15.8. The molecule has 2 aromatic rings. The SMILES string of the molecule is CCOC(=O)[C@@H](O)c1c(C)cc2nc(Br)sc2c1OS(=O)(=O)C(F)(F)F. The number of hydrogen-bond acceptors (Lipinski definition) is 8. The normalized spacial score (nSPS) is 13.7. The van der Waals surface area contributed by atoms with E-state index < -0.39 is 39.0 Å². The number of aryl methyl sites for hydroxylation is 1. The molecule has 1 aromatic heterocycles. The van der Waals surface area contributed by atoms with Gasteiger partial charge >= 0.3 is 21.6 Å². The van der Waals surface area contributed by atoms with Crippen molar-refractivity contribution in [1.29, 1.82) is 0 Å². The van der Waals surface area contributed by atoms with E-state index in [2.05, 4.69) is 29.8 Å². The minimum Gasteiger partial charge on any atom is -0.464 e. The van der Waals surface area contributed by atoms with E-state index in [4.69, 9.17) is 0 Å². The smallest absolute Gasteiger partial charge is 0.464 e. The van der Waals surface area contributed by atoms with Gasteiger partial charge in [0, 0.05) is 5.56 Å². The van der Waals surface area contributed by atoms with Crippen molar-refractivity contribution in [3.63, 3.8) is 0 Å². The number of aliphatic hydroxyl groups is 1. The predicted octanol–water partition coefficient (Wildman–Crippen LogP) is 3.19. The zero-order chi connectivity index (χ0) is 19.9. The summed E-state index contributed by atoms with van der Waals surface area (Å²) in [5, 5.41) is 10.2. The first-order valence-corrected chi connectivity index (χ1v) is 9.85. The number of alkyl halides is 3. The van der Waals surface area contributed by atoms with Gasteiger partial charge in [-0.2, -0.15) is 21.6 Å². The Morgan fingerprint density at radius 3 is 2.62 bits per heavy atom. The molecule has 26 heavy (non-hydrogen) atoms. The lowest BCUT2D eigenvalue weighted by molar-refractivity contribution is -0.153. The van der Waals surface area contributed by atoms with Crippen molar-refractivity contribution in [2.24, 2.45) is 0 Å². The van der Waals surface area contributed by atoms with Crippen molar-refractivity contribution in [2.45, 2.75) is 25.5 Å². The molecular weight excluding hydrogens is 467 g/mol. The molecule has 0 bridgehead atoms. The van der Waals surface area contributed by atoms with Crippen LogP contribution in [0.25, 0.3) is 10.2 Å². The van der Waals surface area contributed by atoms with Crippen LogP contribution in [0.4, 0.5) is 13.2 Å². The third-order valence-electron chi connectivity index (χ3n) is 3.12. The molecule has 0 saturated heterocycles. The van der Waals surface area contributed by atoms with Gasteiger partial charge in [-0.25, -0.2) is 9.78 Å². The van der Waals surface area contributed by atoms with Crippen LogP contribution >= 0.6 is 27.3 Å². The van der Waals surface area contributed by atoms with Gasteiger partial charge in [0.1, 0.15) is 0 Å². The van der Waals surface area contributed by atoms with Crippen molar-refractivity contribution < 1.29 is 40.4 Å². The summed E-state index contributed by atoms with van der Waals surface area (Å²) in [6, 6.07) is 1.38. The minimum absolute atomic E-state index is 0.0892.